The quantitative estimate of drug-likeness (QED) is 0.650. The van der Waals surface area contributed by atoms with Gasteiger partial charge in [-0.15, -0.1) is 0 Å². The van der Waals surface area contributed by atoms with E-state index >= 15 is 0 Å². The van der Waals surface area contributed by atoms with Gasteiger partial charge in [-0.25, -0.2) is 4.98 Å². The van der Waals surface area contributed by atoms with E-state index in [-0.39, 0.29) is 16.5 Å². The van der Waals surface area contributed by atoms with Crippen LogP contribution < -0.4 is 14.2 Å². The molecule has 1 amide bonds. The molecule has 0 saturated carbocycles. The van der Waals surface area contributed by atoms with Crippen molar-refractivity contribution >= 4 is 21.8 Å². The van der Waals surface area contributed by atoms with Gasteiger partial charge in [0.15, 0.2) is 11.6 Å². The maximum Gasteiger partial charge on any atom is 0.339 e. The monoisotopic (exact) mass is 385 g/mol. The molecule has 0 aliphatic rings. The first-order valence-corrected chi connectivity index (χ1v) is 9.15. The van der Waals surface area contributed by atoms with E-state index < -0.39 is 16.0 Å². The molecule has 0 radical (unpaired) electrons. The Hall–Kier alpha value is -3.46. The van der Waals surface area contributed by atoms with Gasteiger partial charge in [-0.1, -0.05) is 0 Å². The molecule has 0 spiro atoms. The third-order valence-electron chi connectivity index (χ3n) is 3.49. The Morgan fingerprint density at radius 2 is 1.70 bits per heavy atom. The zero-order valence-corrected chi connectivity index (χ0v) is 15.0. The second-order valence-corrected chi connectivity index (χ2v) is 6.80. The van der Waals surface area contributed by atoms with Crippen LogP contribution in [0.15, 0.2) is 72.0 Å². The number of nitrogens with zero attached hydrogens (tertiary/aromatic N) is 2. The number of carbonyl (C=O) groups is 1. The first-order chi connectivity index (χ1) is 13.0. The maximum absolute atomic E-state index is 12.5. The number of hydrogen-bond donors (Lipinski definition) is 1. The van der Waals surface area contributed by atoms with Crippen molar-refractivity contribution in [3.05, 3.63) is 72.7 Å². The van der Waals surface area contributed by atoms with Crippen LogP contribution in [0.1, 0.15) is 10.4 Å². The number of amides is 1. The molecule has 0 unspecified atom stereocenters. The molecule has 1 N–H and O–H groups in total. The summed E-state index contributed by atoms with van der Waals surface area (Å²) in [4.78, 5) is 20.0. The van der Waals surface area contributed by atoms with E-state index in [0.717, 1.165) is 0 Å². The number of benzene rings is 1. The summed E-state index contributed by atoms with van der Waals surface area (Å²) in [5.41, 5.74) is 0.347. The minimum absolute atomic E-state index is 0.0172. The second-order valence-electron chi connectivity index (χ2n) is 5.25. The molecule has 2 heterocycles. The molecule has 8 nitrogen and oxygen atoms in total. The molecule has 2 aromatic heterocycles. The van der Waals surface area contributed by atoms with Crippen molar-refractivity contribution in [3.63, 3.8) is 0 Å². The van der Waals surface area contributed by atoms with Crippen molar-refractivity contribution < 1.29 is 22.1 Å². The van der Waals surface area contributed by atoms with E-state index in [0.29, 0.717) is 11.3 Å². The fraction of sp³-hybridized carbons (Fsp3) is 0.0556. The Morgan fingerprint density at radius 3 is 2.37 bits per heavy atom. The largest absolute Gasteiger partial charge is 0.497 e. The summed E-state index contributed by atoms with van der Waals surface area (Å²) in [7, 11) is -2.64. The summed E-state index contributed by atoms with van der Waals surface area (Å²) in [6, 6.07) is 11.7. The molecular formula is C18H15N3O5S. The molecule has 9 heteroatoms. The molecule has 0 aliphatic heterocycles. The highest BCUT2D eigenvalue weighted by molar-refractivity contribution is 7.87. The normalized spacial score (nSPS) is 10.9. The first-order valence-electron chi connectivity index (χ1n) is 7.74. The van der Waals surface area contributed by atoms with E-state index in [9.17, 15) is 13.2 Å². The van der Waals surface area contributed by atoms with Crippen molar-refractivity contribution in [3.8, 4) is 11.5 Å². The fourth-order valence-corrected chi connectivity index (χ4v) is 3.08. The van der Waals surface area contributed by atoms with Crippen LogP contribution in [0.3, 0.4) is 0 Å². The smallest absolute Gasteiger partial charge is 0.339 e. The molecule has 0 aliphatic carbocycles. The molecule has 0 atom stereocenters. The molecule has 0 saturated heterocycles. The van der Waals surface area contributed by atoms with E-state index in [1.165, 1.54) is 74.2 Å². The van der Waals surface area contributed by atoms with Gasteiger partial charge in [-0.2, -0.15) is 8.42 Å². The summed E-state index contributed by atoms with van der Waals surface area (Å²) < 4.78 is 35.2. The van der Waals surface area contributed by atoms with Crippen LogP contribution in [0.2, 0.25) is 0 Å². The van der Waals surface area contributed by atoms with Crippen molar-refractivity contribution in [2.45, 2.75) is 4.90 Å². The molecule has 138 valence electrons. The summed E-state index contributed by atoms with van der Waals surface area (Å²) in [6.45, 7) is 0. The molecule has 0 bridgehead atoms. The van der Waals surface area contributed by atoms with Crippen LogP contribution in [0, 0.1) is 0 Å². The molecule has 3 aromatic rings. The Bertz CT molecular complexity index is 1040. The molecule has 0 fully saturated rings. The van der Waals surface area contributed by atoms with Crippen LogP contribution in [0.25, 0.3) is 0 Å². The van der Waals surface area contributed by atoms with Crippen molar-refractivity contribution in [2.24, 2.45) is 0 Å². The SMILES string of the molecule is COc1ccc(S(=O)(=O)Oc2cccnc2NC(=O)c2ccncc2)cc1. The van der Waals surface area contributed by atoms with Crippen molar-refractivity contribution in [2.75, 3.05) is 12.4 Å². The van der Waals surface area contributed by atoms with Gasteiger partial charge in [-0.05, 0) is 48.5 Å². The highest BCUT2D eigenvalue weighted by Gasteiger charge is 2.20. The Labute approximate surface area is 155 Å². The average Bonchev–Trinajstić information content (AvgIpc) is 2.70. The minimum atomic E-state index is -4.12. The van der Waals surface area contributed by atoms with Gasteiger partial charge in [0.2, 0.25) is 0 Å². The number of anilines is 1. The van der Waals surface area contributed by atoms with E-state index in [2.05, 4.69) is 15.3 Å². The lowest BCUT2D eigenvalue weighted by Gasteiger charge is -2.11. The van der Waals surface area contributed by atoms with Crippen LogP contribution in [-0.4, -0.2) is 31.4 Å². The number of methoxy groups -OCH3 is 1. The highest BCUT2D eigenvalue weighted by Crippen LogP contribution is 2.26. The lowest BCUT2D eigenvalue weighted by atomic mass is 10.2. The maximum atomic E-state index is 12.5. The Kier molecular flexibility index (Phi) is 5.32. The predicted molar refractivity (Wildman–Crippen MR) is 97.2 cm³/mol. The highest BCUT2D eigenvalue weighted by atomic mass is 32.2. The van der Waals surface area contributed by atoms with E-state index in [1.54, 1.807) is 0 Å². The molecule has 1 aromatic carbocycles. The lowest BCUT2D eigenvalue weighted by Crippen LogP contribution is -2.16. The third-order valence-corrected chi connectivity index (χ3v) is 4.74. The number of hydrogen-bond acceptors (Lipinski definition) is 7. The third kappa shape index (κ3) is 4.39. The number of pyridine rings is 2. The topological polar surface area (TPSA) is 107 Å². The van der Waals surface area contributed by atoms with Gasteiger partial charge in [0, 0.05) is 24.2 Å². The number of carbonyl (C=O) groups excluding carboxylic acids is 1. The van der Waals surface area contributed by atoms with Crippen LogP contribution in [0.5, 0.6) is 11.5 Å². The Balaban J connectivity index is 1.84. The zero-order chi connectivity index (χ0) is 19.3. The van der Waals surface area contributed by atoms with Gasteiger partial charge >= 0.3 is 10.1 Å². The summed E-state index contributed by atoms with van der Waals surface area (Å²) in [6.07, 6.45) is 4.35. The molecule has 3 rings (SSSR count). The minimum Gasteiger partial charge on any atom is -0.497 e. The number of aromatic nitrogens is 2. The standard InChI is InChI=1S/C18H15N3O5S/c1-25-14-4-6-15(7-5-14)27(23,24)26-16-3-2-10-20-17(16)21-18(22)13-8-11-19-12-9-13/h2-12H,1H3,(H,20,21,22). The second kappa shape index (κ2) is 7.83. The number of nitrogens with one attached hydrogen (secondary N) is 1. The van der Waals surface area contributed by atoms with Crippen molar-refractivity contribution in [1.82, 2.24) is 9.97 Å². The summed E-state index contributed by atoms with van der Waals surface area (Å²) in [5, 5.41) is 2.53. The fourth-order valence-electron chi connectivity index (χ4n) is 2.14. The van der Waals surface area contributed by atoms with E-state index in [4.69, 9.17) is 8.92 Å². The average molecular weight is 385 g/mol. The first kappa shape index (κ1) is 18.3. The van der Waals surface area contributed by atoms with Gasteiger partial charge in [-0.3, -0.25) is 9.78 Å². The van der Waals surface area contributed by atoms with Gasteiger partial charge in [0.05, 0.1) is 7.11 Å². The summed E-state index contributed by atoms with van der Waals surface area (Å²) >= 11 is 0. The van der Waals surface area contributed by atoms with Crippen LogP contribution >= 0.6 is 0 Å². The number of ether oxygens (including phenoxy) is 1. The molecular weight excluding hydrogens is 370 g/mol. The van der Waals surface area contributed by atoms with Crippen molar-refractivity contribution in [1.29, 1.82) is 0 Å². The predicted octanol–water partition coefficient (Wildman–Crippen LogP) is 2.51. The van der Waals surface area contributed by atoms with Gasteiger partial charge < -0.3 is 14.2 Å². The zero-order valence-electron chi connectivity index (χ0n) is 14.2. The Morgan fingerprint density at radius 1 is 1.00 bits per heavy atom. The van der Waals surface area contributed by atoms with Crippen LogP contribution in [0.4, 0.5) is 5.82 Å². The lowest BCUT2D eigenvalue weighted by molar-refractivity contribution is 0.102. The van der Waals surface area contributed by atoms with Crippen LogP contribution in [-0.2, 0) is 10.1 Å². The van der Waals surface area contributed by atoms with Gasteiger partial charge in [0.25, 0.3) is 5.91 Å². The summed E-state index contributed by atoms with van der Waals surface area (Å²) in [5.74, 6) is -0.0736. The number of rotatable bonds is 6. The molecule has 27 heavy (non-hydrogen) atoms. The van der Waals surface area contributed by atoms with Gasteiger partial charge in [0.1, 0.15) is 10.6 Å². The van der Waals surface area contributed by atoms with E-state index in [1.807, 2.05) is 0 Å².